The summed E-state index contributed by atoms with van der Waals surface area (Å²) in [5.41, 5.74) is 9.04. The van der Waals surface area contributed by atoms with Crippen molar-refractivity contribution in [2.45, 2.75) is 0 Å². The Kier molecular flexibility index (Phi) is 3.58. The molecular formula is C32H18BNO3. The third kappa shape index (κ3) is 2.43. The van der Waals surface area contributed by atoms with Gasteiger partial charge in [0.25, 0.3) is 0 Å². The van der Waals surface area contributed by atoms with Crippen LogP contribution in [0.1, 0.15) is 0 Å². The molecule has 5 aromatic carbocycles. The Morgan fingerprint density at radius 1 is 0.541 bits per heavy atom. The summed E-state index contributed by atoms with van der Waals surface area (Å²) in [4.78, 5) is 2.20. The van der Waals surface area contributed by atoms with Crippen molar-refractivity contribution < 1.29 is 13.5 Å². The zero-order valence-electron chi connectivity index (χ0n) is 19.6. The summed E-state index contributed by atoms with van der Waals surface area (Å²) in [5, 5.41) is 3.33. The normalized spacial score (nSPS) is 13.5. The highest BCUT2D eigenvalue weighted by Crippen LogP contribution is 2.53. The summed E-state index contributed by atoms with van der Waals surface area (Å²) in [6, 6.07) is 37.5. The van der Waals surface area contributed by atoms with E-state index in [-0.39, 0.29) is 7.05 Å². The van der Waals surface area contributed by atoms with E-state index in [9.17, 15) is 0 Å². The number of rotatable bonds is 1. The maximum Gasteiger partial charge on any atom is 0.527 e. The molecule has 0 saturated heterocycles. The molecule has 0 N–H and O–H groups in total. The van der Waals surface area contributed by atoms with Gasteiger partial charge in [-0.15, -0.1) is 0 Å². The van der Waals surface area contributed by atoms with E-state index in [1.54, 1.807) is 0 Å². The minimum atomic E-state index is -0.310. The van der Waals surface area contributed by atoms with Crippen LogP contribution in [0.4, 0.5) is 11.6 Å². The standard InChI is InChI=1S/C32H18BNO3/c1-4-15-25-23(10-1)29-24-11-3-6-18-28(24)36-32(29)34-26-16-8-14-22(31(26)37-33(25)34)21-13-7-12-20-19-9-2-5-17-27(19)35-30(20)21/h1-18H. The highest BCUT2D eigenvalue weighted by molar-refractivity contribution is 6.77. The molecule has 9 rings (SSSR count). The second kappa shape index (κ2) is 6.86. The number of hydrogen-bond donors (Lipinski definition) is 0. The van der Waals surface area contributed by atoms with E-state index >= 15 is 0 Å². The Hall–Kier alpha value is -4.90. The predicted molar refractivity (Wildman–Crippen MR) is 149 cm³/mol. The molecule has 0 amide bonds. The third-order valence-corrected chi connectivity index (χ3v) is 7.70. The van der Waals surface area contributed by atoms with Crippen LogP contribution in [0.15, 0.2) is 118 Å². The van der Waals surface area contributed by atoms with Crippen LogP contribution >= 0.6 is 0 Å². The van der Waals surface area contributed by atoms with Gasteiger partial charge in [0.1, 0.15) is 22.5 Å². The molecular weight excluding hydrogens is 457 g/mol. The molecule has 0 saturated carbocycles. The summed E-state index contributed by atoms with van der Waals surface area (Å²) in [5.74, 6) is 1.66. The van der Waals surface area contributed by atoms with Gasteiger partial charge in [-0.2, -0.15) is 0 Å². The van der Waals surface area contributed by atoms with Crippen molar-refractivity contribution in [3.05, 3.63) is 109 Å². The minimum Gasteiger partial charge on any atom is -0.535 e. The van der Waals surface area contributed by atoms with Crippen molar-refractivity contribution in [1.29, 1.82) is 0 Å². The summed E-state index contributed by atoms with van der Waals surface area (Å²) in [6.45, 7) is 0. The van der Waals surface area contributed by atoms with Gasteiger partial charge in [0.15, 0.2) is 5.88 Å². The number of hydrogen-bond acceptors (Lipinski definition) is 4. The molecule has 4 heterocycles. The lowest BCUT2D eigenvalue weighted by Gasteiger charge is -2.27. The first kappa shape index (κ1) is 19.3. The van der Waals surface area contributed by atoms with Gasteiger partial charge in [0.05, 0.1) is 11.3 Å². The Bertz CT molecular complexity index is 2050. The quantitative estimate of drug-likeness (QED) is 0.226. The number of nitrogens with zero attached hydrogens (tertiary/aromatic N) is 1. The summed E-state index contributed by atoms with van der Waals surface area (Å²) in [7, 11) is -0.310. The van der Waals surface area contributed by atoms with Crippen LogP contribution in [0.25, 0.3) is 55.2 Å². The van der Waals surface area contributed by atoms with Gasteiger partial charge in [-0.1, -0.05) is 91.0 Å². The van der Waals surface area contributed by atoms with E-state index in [4.69, 9.17) is 13.5 Å². The van der Waals surface area contributed by atoms with Crippen LogP contribution < -0.4 is 14.9 Å². The molecule has 37 heavy (non-hydrogen) atoms. The lowest BCUT2D eigenvalue weighted by atomic mass is 9.65. The van der Waals surface area contributed by atoms with Crippen molar-refractivity contribution in [3.8, 4) is 28.0 Å². The van der Waals surface area contributed by atoms with Crippen LogP contribution in [-0.4, -0.2) is 7.05 Å². The first-order valence-corrected chi connectivity index (χ1v) is 12.5. The average molecular weight is 475 g/mol. The number of fused-ring (bicyclic) bond motifs is 13. The van der Waals surface area contributed by atoms with Gasteiger partial charge >= 0.3 is 7.05 Å². The van der Waals surface area contributed by atoms with Gasteiger partial charge in [-0.25, -0.2) is 0 Å². The van der Waals surface area contributed by atoms with Crippen molar-refractivity contribution in [2.24, 2.45) is 0 Å². The zero-order chi connectivity index (χ0) is 24.1. The highest BCUT2D eigenvalue weighted by Gasteiger charge is 2.48. The third-order valence-electron chi connectivity index (χ3n) is 7.70. The van der Waals surface area contributed by atoms with Crippen molar-refractivity contribution in [3.63, 3.8) is 0 Å². The lowest BCUT2D eigenvalue weighted by Crippen LogP contribution is -2.50. The van der Waals surface area contributed by atoms with E-state index in [1.165, 1.54) is 0 Å². The van der Waals surface area contributed by atoms with Crippen molar-refractivity contribution in [1.82, 2.24) is 0 Å². The fraction of sp³-hybridized carbons (Fsp3) is 0. The Morgan fingerprint density at radius 3 is 2.14 bits per heavy atom. The SMILES string of the molecule is c1ccc2c(c1)B1Oc3c(-c4cccc5c4oc4ccccc45)cccc3N1c1oc3ccccc3c1-2. The van der Waals surface area contributed by atoms with Crippen LogP contribution in [-0.2, 0) is 0 Å². The predicted octanol–water partition coefficient (Wildman–Crippen LogP) is 7.91. The maximum absolute atomic E-state index is 6.82. The Balaban J connectivity index is 1.32. The second-order valence-electron chi connectivity index (χ2n) is 9.64. The zero-order valence-corrected chi connectivity index (χ0v) is 19.6. The molecule has 2 aromatic heterocycles. The molecule has 4 nitrogen and oxygen atoms in total. The van der Waals surface area contributed by atoms with Gasteiger partial charge in [0, 0.05) is 27.3 Å². The average Bonchev–Trinajstić information content (AvgIpc) is 3.64. The van der Waals surface area contributed by atoms with E-state index in [2.05, 4.69) is 83.7 Å². The van der Waals surface area contributed by atoms with Crippen LogP contribution in [0.2, 0.25) is 0 Å². The van der Waals surface area contributed by atoms with Crippen molar-refractivity contribution >= 4 is 57.0 Å². The number of benzene rings is 5. The largest absolute Gasteiger partial charge is 0.535 e. The smallest absolute Gasteiger partial charge is 0.527 e. The molecule has 2 aliphatic rings. The van der Waals surface area contributed by atoms with Crippen molar-refractivity contribution in [2.75, 3.05) is 4.81 Å². The first-order chi connectivity index (χ1) is 18.4. The number of furan rings is 2. The van der Waals surface area contributed by atoms with E-state index < -0.39 is 0 Å². The van der Waals surface area contributed by atoms with E-state index in [0.717, 1.165) is 77.9 Å². The topological polar surface area (TPSA) is 38.8 Å². The van der Waals surface area contributed by atoms with E-state index in [0.29, 0.717) is 0 Å². The van der Waals surface area contributed by atoms with E-state index in [1.807, 2.05) is 30.3 Å². The summed E-state index contributed by atoms with van der Waals surface area (Å²) in [6.07, 6.45) is 0. The van der Waals surface area contributed by atoms with Gasteiger partial charge in [0.2, 0.25) is 0 Å². The van der Waals surface area contributed by atoms with Crippen LogP contribution in [0, 0.1) is 0 Å². The molecule has 2 aliphatic heterocycles. The number of para-hydroxylation sites is 4. The first-order valence-electron chi connectivity index (χ1n) is 12.5. The fourth-order valence-electron chi connectivity index (χ4n) is 6.12. The van der Waals surface area contributed by atoms with Crippen LogP contribution in [0.3, 0.4) is 0 Å². The van der Waals surface area contributed by atoms with Crippen LogP contribution in [0.5, 0.6) is 5.75 Å². The molecule has 7 aromatic rings. The molecule has 0 unspecified atom stereocenters. The van der Waals surface area contributed by atoms with Gasteiger partial charge < -0.3 is 18.3 Å². The minimum absolute atomic E-state index is 0.310. The molecule has 0 radical (unpaired) electrons. The Labute approximate surface area is 212 Å². The molecule has 172 valence electrons. The molecule has 0 spiro atoms. The molecule has 0 aliphatic carbocycles. The molecule has 5 heteroatoms. The Morgan fingerprint density at radius 2 is 1.22 bits per heavy atom. The fourth-order valence-corrected chi connectivity index (χ4v) is 6.12. The molecule has 0 fully saturated rings. The number of anilines is 2. The summed E-state index contributed by atoms with van der Waals surface area (Å²) < 4.78 is 19.7. The lowest BCUT2D eigenvalue weighted by molar-refractivity contribution is 0.594. The summed E-state index contributed by atoms with van der Waals surface area (Å²) >= 11 is 0. The molecule has 0 bridgehead atoms. The monoisotopic (exact) mass is 475 g/mol. The van der Waals surface area contributed by atoms with Gasteiger partial charge in [-0.05, 0) is 29.2 Å². The highest BCUT2D eigenvalue weighted by atomic mass is 16.5. The molecule has 0 atom stereocenters. The maximum atomic E-state index is 6.82. The second-order valence-corrected chi connectivity index (χ2v) is 9.64. The van der Waals surface area contributed by atoms with Gasteiger partial charge in [-0.3, -0.25) is 0 Å².